The van der Waals surface area contributed by atoms with Crippen molar-refractivity contribution >= 4 is 0 Å². The van der Waals surface area contributed by atoms with Crippen LogP contribution in [0.4, 0.5) is 0 Å². The van der Waals surface area contributed by atoms with Gasteiger partial charge in [0.05, 0.1) is 0 Å². The Balaban J connectivity index is 1.66. The molecule has 2 aliphatic carbocycles. The summed E-state index contributed by atoms with van der Waals surface area (Å²) in [6.07, 6.45) is 5.81. The Bertz CT molecular complexity index is 378. The van der Waals surface area contributed by atoms with Gasteiger partial charge in [0.25, 0.3) is 0 Å². The lowest BCUT2D eigenvalue weighted by Gasteiger charge is -2.23. The maximum absolute atomic E-state index is 3.88. The SMILES string of the molecule is Cc1cccc(C(C)NC(C2CC2)C2CC2)c1. The molecule has 1 heteroatoms. The average molecular weight is 229 g/mol. The first-order chi connectivity index (χ1) is 8.24. The third-order valence-electron chi connectivity index (χ3n) is 4.24. The highest BCUT2D eigenvalue weighted by Gasteiger charge is 2.41. The second-order valence-corrected chi connectivity index (χ2v) is 6.00. The van der Waals surface area contributed by atoms with Gasteiger partial charge in [0.2, 0.25) is 0 Å². The number of hydrogen-bond donors (Lipinski definition) is 1. The van der Waals surface area contributed by atoms with Gasteiger partial charge in [-0.15, -0.1) is 0 Å². The van der Waals surface area contributed by atoms with E-state index in [2.05, 4.69) is 43.4 Å². The van der Waals surface area contributed by atoms with Crippen LogP contribution in [-0.2, 0) is 0 Å². The number of benzene rings is 1. The Morgan fingerprint density at radius 2 is 1.76 bits per heavy atom. The maximum Gasteiger partial charge on any atom is 0.0294 e. The van der Waals surface area contributed by atoms with E-state index in [1.54, 1.807) is 0 Å². The largest absolute Gasteiger partial charge is 0.307 e. The van der Waals surface area contributed by atoms with Crippen LogP contribution in [0.2, 0.25) is 0 Å². The average Bonchev–Trinajstić information content (AvgIpc) is 3.16. The van der Waals surface area contributed by atoms with Gasteiger partial charge >= 0.3 is 0 Å². The quantitative estimate of drug-likeness (QED) is 0.809. The van der Waals surface area contributed by atoms with E-state index in [1.165, 1.54) is 36.8 Å². The van der Waals surface area contributed by atoms with Crippen molar-refractivity contribution in [2.45, 2.75) is 51.6 Å². The van der Waals surface area contributed by atoms with Gasteiger partial charge in [0.1, 0.15) is 0 Å². The lowest BCUT2D eigenvalue weighted by Crippen LogP contribution is -2.35. The van der Waals surface area contributed by atoms with Gasteiger partial charge in [-0.3, -0.25) is 0 Å². The van der Waals surface area contributed by atoms with E-state index < -0.39 is 0 Å². The van der Waals surface area contributed by atoms with Gasteiger partial charge in [-0.2, -0.15) is 0 Å². The molecule has 1 unspecified atom stereocenters. The normalized spacial score (nSPS) is 21.8. The number of hydrogen-bond acceptors (Lipinski definition) is 1. The highest BCUT2D eigenvalue weighted by atomic mass is 15.0. The summed E-state index contributed by atoms with van der Waals surface area (Å²) >= 11 is 0. The van der Waals surface area contributed by atoms with E-state index >= 15 is 0 Å². The molecule has 0 heterocycles. The molecule has 1 aromatic carbocycles. The van der Waals surface area contributed by atoms with Crippen LogP contribution in [0.5, 0.6) is 0 Å². The fourth-order valence-corrected chi connectivity index (χ4v) is 2.89. The molecule has 1 aromatic rings. The summed E-state index contributed by atoms with van der Waals surface area (Å²) in [4.78, 5) is 0. The predicted molar refractivity (Wildman–Crippen MR) is 72.0 cm³/mol. The number of nitrogens with one attached hydrogen (secondary N) is 1. The Kier molecular flexibility index (Phi) is 2.96. The highest BCUT2D eigenvalue weighted by molar-refractivity contribution is 5.25. The van der Waals surface area contributed by atoms with Crippen LogP contribution >= 0.6 is 0 Å². The van der Waals surface area contributed by atoms with E-state index in [-0.39, 0.29) is 0 Å². The van der Waals surface area contributed by atoms with Crippen molar-refractivity contribution in [2.75, 3.05) is 0 Å². The molecule has 3 rings (SSSR count). The first-order valence-electron chi connectivity index (χ1n) is 7.06. The van der Waals surface area contributed by atoms with Crippen LogP contribution in [0.15, 0.2) is 24.3 Å². The minimum absolute atomic E-state index is 0.501. The first-order valence-corrected chi connectivity index (χ1v) is 7.06. The second kappa shape index (κ2) is 4.45. The van der Waals surface area contributed by atoms with Gasteiger partial charge in [0.15, 0.2) is 0 Å². The molecular weight excluding hydrogens is 206 g/mol. The molecule has 0 saturated heterocycles. The van der Waals surface area contributed by atoms with Crippen LogP contribution < -0.4 is 5.32 Å². The molecular formula is C16H23N. The smallest absolute Gasteiger partial charge is 0.0294 e. The molecule has 0 aromatic heterocycles. The van der Waals surface area contributed by atoms with E-state index in [0.29, 0.717) is 6.04 Å². The lowest BCUT2D eigenvalue weighted by molar-refractivity contribution is 0.377. The van der Waals surface area contributed by atoms with Gasteiger partial charge in [-0.25, -0.2) is 0 Å². The Labute approximate surface area is 105 Å². The first kappa shape index (κ1) is 11.3. The van der Waals surface area contributed by atoms with Gasteiger partial charge in [-0.05, 0) is 56.9 Å². The summed E-state index contributed by atoms with van der Waals surface area (Å²) in [5, 5.41) is 3.88. The molecule has 1 atom stereocenters. The molecule has 92 valence electrons. The molecule has 1 N–H and O–H groups in total. The summed E-state index contributed by atoms with van der Waals surface area (Å²) in [5.74, 6) is 1.96. The van der Waals surface area contributed by atoms with Crippen LogP contribution in [-0.4, -0.2) is 6.04 Å². The summed E-state index contributed by atoms with van der Waals surface area (Å²) < 4.78 is 0. The molecule has 2 saturated carbocycles. The van der Waals surface area contributed by atoms with Crippen molar-refractivity contribution in [2.24, 2.45) is 11.8 Å². The highest BCUT2D eigenvalue weighted by Crippen LogP contribution is 2.45. The minimum Gasteiger partial charge on any atom is -0.307 e. The number of rotatable bonds is 5. The fraction of sp³-hybridized carbons (Fsp3) is 0.625. The molecule has 0 spiro atoms. The fourth-order valence-electron chi connectivity index (χ4n) is 2.89. The molecule has 0 radical (unpaired) electrons. The van der Waals surface area contributed by atoms with E-state index in [0.717, 1.165) is 17.9 Å². The summed E-state index contributed by atoms with van der Waals surface area (Å²) in [6.45, 7) is 4.49. The Morgan fingerprint density at radius 3 is 2.29 bits per heavy atom. The van der Waals surface area contributed by atoms with Crippen LogP contribution in [0.3, 0.4) is 0 Å². The minimum atomic E-state index is 0.501. The summed E-state index contributed by atoms with van der Waals surface area (Å²) in [7, 11) is 0. The zero-order valence-electron chi connectivity index (χ0n) is 10.9. The van der Waals surface area contributed by atoms with E-state index in [1.807, 2.05) is 0 Å². The molecule has 2 fully saturated rings. The zero-order valence-corrected chi connectivity index (χ0v) is 10.9. The summed E-state index contributed by atoms with van der Waals surface area (Å²) in [5.41, 5.74) is 2.81. The molecule has 1 nitrogen and oxygen atoms in total. The molecule has 17 heavy (non-hydrogen) atoms. The maximum atomic E-state index is 3.88. The van der Waals surface area contributed by atoms with Crippen molar-refractivity contribution in [3.63, 3.8) is 0 Å². The van der Waals surface area contributed by atoms with Crippen LogP contribution in [0.1, 0.15) is 49.8 Å². The molecule has 0 amide bonds. The van der Waals surface area contributed by atoms with E-state index in [4.69, 9.17) is 0 Å². The molecule has 0 bridgehead atoms. The third kappa shape index (κ3) is 2.71. The van der Waals surface area contributed by atoms with Crippen molar-refractivity contribution in [3.05, 3.63) is 35.4 Å². The molecule has 0 aliphatic heterocycles. The molecule has 2 aliphatic rings. The second-order valence-electron chi connectivity index (χ2n) is 6.00. The summed E-state index contributed by atoms with van der Waals surface area (Å²) in [6, 6.07) is 10.2. The predicted octanol–water partition coefficient (Wildman–Crippen LogP) is 3.83. The third-order valence-corrected chi connectivity index (χ3v) is 4.24. The standard InChI is InChI=1S/C16H23N/c1-11-4-3-5-15(10-11)12(2)17-16(13-6-7-13)14-8-9-14/h3-5,10,12-14,16-17H,6-9H2,1-2H3. The van der Waals surface area contributed by atoms with Crippen LogP contribution in [0.25, 0.3) is 0 Å². The Morgan fingerprint density at radius 1 is 1.12 bits per heavy atom. The van der Waals surface area contributed by atoms with Crippen molar-refractivity contribution < 1.29 is 0 Å². The van der Waals surface area contributed by atoms with Crippen molar-refractivity contribution in [1.29, 1.82) is 0 Å². The number of aryl methyl sites for hydroxylation is 1. The van der Waals surface area contributed by atoms with Crippen LogP contribution in [0, 0.1) is 18.8 Å². The van der Waals surface area contributed by atoms with E-state index in [9.17, 15) is 0 Å². The lowest BCUT2D eigenvalue weighted by atomic mass is 10.0. The van der Waals surface area contributed by atoms with Crippen molar-refractivity contribution in [1.82, 2.24) is 5.32 Å². The monoisotopic (exact) mass is 229 g/mol. The topological polar surface area (TPSA) is 12.0 Å². The van der Waals surface area contributed by atoms with Gasteiger partial charge in [0, 0.05) is 12.1 Å². The van der Waals surface area contributed by atoms with Gasteiger partial charge < -0.3 is 5.32 Å². The Hall–Kier alpha value is -0.820. The van der Waals surface area contributed by atoms with Gasteiger partial charge in [-0.1, -0.05) is 29.8 Å². The zero-order chi connectivity index (χ0) is 11.8. The van der Waals surface area contributed by atoms with Crippen molar-refractivity contribution in [3.8, 4) is 0 Å².